The molecule has 0 saturated carbocycles. The summed E-state index contributed by atoms with van der Waals surface area (Å²) in [6, 6.07) is 10.5. The number of anilines is 2. The molecule has 1 saturated heterocycles. The van der Waals surface area contributed by atoms with Crippen LogP contribution in [0.5, 0.6) is 0 Å². The number of carbonyl (C=O) groups is 1. The van der Waals surface area contributed by atoms with E-state index < -0.39 is 5.54 Å². The number of nitrogens with two attached hydrogens (primary N) is 1. The average molecular weight is 451 g/mol. The smallest absolute Gasteiger partial charge is 0.259 e. The van der Waals surface area contributed by atoms with Crippen LogP contribution < -0.4 is 15.5 Å². The zero-order valence-corrected chi connectivity index (χ0v) is 18.8. The largest absolute Gasteiger partial charge is 0.386 e. The number of carbonyl (C=O) groups excluding carboxylic acids is 1. The Morgan fingerprint density at radius 1 is 1.32 bits per heavy atom. The molecule has 1 heterocycles. The Hall–Kier alpha value is -3.46. The van der Waals surface area contributed by atoms with Gasteiger partial charge in [0.15, 0.2) is 10.8 Å². The van der Waals surface area contributed by atoms with Crippen LogP contribution in [0.25, 0.3) is 4.85 Å². The molecular formula is C22H19ClN6OS. The Bertz CT molecular complexity index is 1210. The second-order valence-electron chi connectivity index (χ2n) is 7.56. The minimum absolute atomic E-state index is 0.137. The first kappa shape index (κ1) is 22.2. The molecule has 0 radical (unpaired) electrons. The predicted octanol–water partition coefficient (Wildman–Crippen LogP) is 4.50. The zero-order chi connectivity index (χ0) is 22.9. The van der Waals surface area contributed by atoms with Crippen molar-refractivity contribution in [3.8, 4) is 6.19 Å². The second-order valence-corrected chi connectivity index (χ2v) is 8.33. The van der Waals surface area contributed by atoms with Crippen LogP contribution in [0, 0.1) is 25.0 Å². The Morgan fingerprint density at radius 2 is 2.00 bits per heavy atom. The third kappa shape index (κ3) is 3.96. The normalized spacial score (nSPS) is 15.7. The molecule has 7 nitrogen and oxygen atoms in total. The number of hydrogen-bond acceptors (Lipinski definition) is 4. The monoisotopic (exact) mass is 450 g/mol. The standard InChI is InChI=1S/C22H19ClN6OS/c1-13-9-15(6-8-18(13)26-4)28-20(30)22(2,3)29(21(28)31)16-5-7-17(23)14(10-16)11-19(25)27-12-24/h5-10H,11H2,1-3H3,(H2,25,27). The van der Waals surface area contributed by atoms with Crippen LogP contribution in [0.3, 0.4) is 0 Å². The number of aliphatic imine (C=N–C) groups is 1. The van der Waals surface area contributed by atoms with Gasteiger partial charge < -0.3 is 10.6 Å². The molecule has 0 unspecified atom stereocenters. The fourth-order valence-electron chi connectivity index (χ4n) is 3.49. The molecule has 3 rings (SSSR count). The molecule has 9 heteroatoms. The molecule has 156 valence electrons. The van der Waals surface area contributed by atoms with Gasteiger partial charge in [-0.1, -0.05) is 17.7 Å². The minimum Gasteiger partial charge on any atom is -0.386 e. The summed E-state index contributed by atoms with van der Waals surface area (Å²) in [5.74, 6) is -0.0487. The van der Waals surface area contributed by atoms with Crippen LogP contribution >= 0.6 is 23.8 Å². The highest BCUT2D eigenvalue weighted by Crippen LogP contribution is 2.38. The van der Waals surface area contributed by atoms with Crippen LogP contribution in [0.4, 0.5) is 17.1 Å². The third-order valence-electron chi connectivity index (χ3n) is 5.08. The van der Waals surface area contributed by atoms with Gasteiger partial charge in [0.1, 0.15) is 11.4 Å². The fourth-order valence-corrected chi connectivity index (χ4v) is 4.20. The molecule has 0 atom stereocenters. The Kier molecular flexibility index (Phi) is 5.99. The number of amidine groups is 1. The first-order valence-corrected chi connectivity index (χ1v) is 10.1. The van der Waals surface area contributed by atoms with E-state index in [2.05, 4.69) is 9.84 Å². The SMILES string of the molecule is [C-]#[N+]c1ccc(N2C(=O)C(C)(C)N(c3ccc(Cl)c(CC(N)=NC#N)c3)C2=S)cc1C. The average Bonchev–Trinajstić information content (AvgIpc) is 2.88. The lowest BCUT2D eigenvalue weighted by Crippen LogP contribution is -2.44. The van der Waals surface area contributed by atoms with Gasteiger partial charge in [-0.25, -0.2) is 4.85 Å². The van der Waals surface area contributed by atoms with E-state index >= 15 is 0 Å². The highest BCUT2D eigenvalue weighted by Gasteiger charge is 2.50. The summed E-state index contributed by atoms with van der Waals surface area (Å²) >= 11 is 12.0. The zero-order valence-electron chi connectivity index (χ0n) is 17.2. The number of thiocarbonyl (C=S) groups is 1. The van der Waals surface area contributed by atoms with E-state index in [1.54, 1.807) is 61.3 Å². The topological polar surface area (TPSA) is 90.1 Å². The van der Waals surface area contributed by atoms with Crippen LogP contribution in [0.15, 0.2) is 41.4 Å². The molecule has 0 aromatic heterocycles. The van der Waals surface area contributed by atoms with Crippen molar-refractivity contribution in [3.63, 3.8) is 0 Å². The summed E-state index contributed by atoms with van der Waals surface area (Å²) in [7, 11) is 0. The molecule has 2 aromatic rings. The fraction of sp³-hybridized carbons (Fsp3) is 0.227. The van der Waals surface area contributed by atoms with Crippen molar-refractivity contribution in [3.05, 3.63) is 64.0 Å². The van der Waals surface area contributed by atoms with Crippen LogP contribution in [0.2, 0.25) is 5.02 Å². The Morgan fingerprint density at radius 3 is 2.61 bits per heavy atom. The van der Waals surface area contributed by atoms with Crippen molar-refractivity contribution in [2.24, 2.45) is 10.7 Å². The van der Waals surface area contributed by atoms with Crippen molar-refractivity contribution >= 4 is 57.7 Å². The van der Waals surface area contributed by atoms with Gasteiger partial charge in [0, 0.05) is 22.8 Å². The summed E-state index contributed by atoms with van der Waals surface area (Å²) in [5, 5.41) is 9.48. The lowest BCUT2D eigenvalue weighted by Gasteiger charge is -2.30. The maximum Gasteiger partial charge on any atom is 0.259 e. The Balaban J connectivity index is 2.05. The predicted molar refractivity (Wildman–Crippen MR) is 126 cm³/mol. The molecule has 2 aromatic carbocycles. The quantitative estimate of drug-likeness (QED) is 0.243. The molecule has 2 N–H and O–H groups in total. The molecule has 0 spiro atoms. The molecule has 0 bridgehead atoms. The maximum absolute atomic E-state index is 13.3. The molecular weight excluding hydrogens is 432 g/mol. The van der Waals surface area contributed by atoms with E-state index in [4.69, 9.17) is 41.4 Å². The lowest BCUT2D eigenvalue weighted by atomic mass is 10.0. The van der Waals surface area contributed by atoms with Gasteiger partial charge >= 0.3 is 0 Å². The second kappa shape index (κ2) is 8.35. The summed E-state index contributed by atoms with van der Waals surface area (Å²) in [5.41, 5.74) is 8.05. The van der Waals surface area contributed by atoms with Crippen LogP contribution in [-0.4, -0.2) is 22.4 Å². The Labute approximate surface area is 191 Å². The number of rotatable bonds is 4. The van der Waals surface area contributed by atoms with Gasteiger partial charge in [-0.2, -0.15) is 10.3 Å². The van der Waals surface area contributed by atoms with E-state index in [1.165, 1.54) is 4.90 Å². The van der Waals surface area contributed by atoms with Crippen molar-refractivity contribution < 1.29 is 4.79 Å². The van der Waals surface area contributed by atoms with Gasteiger partial charge in [-0.05, 0) is 74.4 Å². The van der Waals surface area contributed by atoms with Crippen molar-refractivity contribution in [1.82, 2.24) is 0 Å². The third-order valence-corrected chi connectivity index (χ3v) is 5.81. The highest BCUT2D eigenvalue weighted by molar-refractivity contribution is 7.81. The molecule has 0 aliphatic carbocycles. The van der Waals surface area contributed by atoms with E-state index in [0.717, 1.165) is 5.56 Å². The first-order chi connectivity index (χ1) is 14.6. The van der Waals surface area contributed by atoms with Crippen molar-refractivity contribution in [2.75, 3.05) is 9.80 Å². The van der Waals surface area contributed by atoms with Crippen LogP contribution in [0.1, 0.15) is 25.0 Å². The number of amides is 1. The number of hydrogen-bond donors (Lipinski definition) is 1. The molecule has 1 aliphatic heterocycles. The van der Waals surface area contributed by atoms with Crippen LogP contribution in [-0.2, 0) is 11.2 Å². The van der Waals surface area contributed by atoms with E-state index in [9.17, 15) is 4.79 Å². The summed E-state index contributed by atoms with van der Waals surface area (Å²) in [6.45, 7) is 12.6. The van der Waals surface area contributed by atoms with Gasteiger partial charge in [-0.3, -0.25) is 9.69 Å². The lowest BCUT2D eigenvalue weighted by molar-refractivity contribution is -0.120. The summed E-state index contributed by atoms with van der Waals surface area (Å²) in [4.78, 5) is 23.6. The number of aryl methyl sites for hydroxylation is 1. The molecule has 31 heavy (non-hydrogen) atoms. The first-order valence-electron chi connectivity index (χ1n) is 9.28. The molecule has 1 aliphatic rings. The summed E-state index contributed by atoms with van der Waals surface area (Å²) in [6.07, 6.45) is 1.85. The van der Waals surface area contributed by atoms with Gasteiger partial charge in [-0.15, -0.1) is 0 Å². The van der Waals surface area contributed by atoms with Gasteiger partial charge in [0.2, 0.25) is 6.19 Å². The van der Waals surface area contributed by atoms with Crippen molar-refractivity contribution in [1.29, 1.82) is 5.26 Å². The molecule has 1 fully saturated rings. The van der Waals surface area contributed by atoms with Crippen molar-refractivity contribution in [2.45, 2.75) is 32.7 Å². The van der Waals surface area contributed by atoms with Gasteiger partial charge in [0.05, 0.1) is 6.57 Å². The summed E-state index contributed by atoms with van der Waals surface area (Å²) < 4.78 is 0. The molecule has 1 amide bonds. The number of benzene rings is 2. The minimum atomic E-state index is -0.957. The van der Waals surface area contributed by atoms with E-state index in [0.29, 0.717) is 32.8 Å². The number of nitriles is 1. The van der Waals surface area contributed by atoms with E-state index in [-0.39, 0.29) is 18.2 Å². The highest BCUT2D eigenvalue weighted by atomic mass is 35.5. The number of nitrogens with zero attached hydrogens (tertiary/aromatic N) is 5. The van der Waals surface area contributed by atoms with Gasteiger partial charge in [0.25, 0.3) is 5.91 Å². The maximum atomic E-state index is 13.3. The number of halogens is 1. The van der Waals surface area contributed by atoms with E-state index in [1.807, 2.05) is 6.92 Å².